The molecule has 0 saturated heterocycles. The lowest BCUT2D eigenvalue weighted by Crippen LogP contribution is -1.94. The molecule has 2 aromatic rings. The van der Waals surface area contributed by atoms with Crippen LogP contribution in [0.2, 0.25) is 0 Å². The third-order valence-corrected chi connectivity index (χ3v) is 3.05. The summed E-state index contributed by atoms with van der Waals surface area (Å²) in [5, 5.41) is 13.2. The van der Waals surface area contributed by atoms with Crippen molar-refractivity contribution in [2.24, 2.45) is 0 Å². The molecular formula is C10H9N3O3S. The summed E-state index contributed by atoms with van der Waals surface area (Å²) in [6.07, 6.45) is 0. The second-order valence-corrected chi connectivity index (χ2v) is 4.08. The van der Waals surface area contributed by atoms with E-state index in [9.17, 15) is 10.1 Å². The number of methoxy groups -OCH3 is 1. The van der Waals surface area contributed by atoms with Gasteiger partial charge in [0, 0.05) is 17.0 Å². The van der Waals surface area contributed by atoms with Crippen LogP contribution in [0.1, 0.15) is 0 Å². The minimum atomic E-state index is -0.487. The summed E-state index contributed by atoms with van der Waals surface area (Å²) in [6, 6.07) is 4.69. The maximum absolute atomic E-state index is 10.9. The number of nitro groups is 1. The van der Waals surface area contributed by atoms with Crippen LogP contribution in [-0.4, -0.2) is 17.0 Å². The first kappa shape index (κ1) is 11.3. The summed E-state index contributed by atoms with van der Waals surface area (Å²) in [5.41, 5.74) is 6.08. The summed E-state index contributed by atoms with van der Waals surface area (Å²) in [6.45, 7) is 0. The molecule has 1 aromatic carbocycles. The fraction of sp³-hybridized carbons (Fsp3) is 0.100. The van der Waals surface area contributed by atoms with Gasteiger partial charge in [-0.2, -0.15) is 0 Å². The van der Waals surface area contributed by atoms with Gasteiger partial charge in [0.25, 0.3) is 0 Å². The van der Waals surface area contributed by atoms with Crippen molar-refractivity contribution in [3.63, 3.8) is 0 Å². The second kappa shape index (κ2) is 4.38. The van der Waals surface area contributed by atoms with Crippen molar-refractivity contribution in [1.29, 1.82) is 0 Å². The van der Waals surface area contributed by atoms with Crippen LogP contribution in [0.3, 0.4) is 0 Å². The van der Waals surface area contributed by atoms with E-state index in [0.717, 1.165) is 0 Å². The zero-order valence-electron chi connectivity index (χ0n) is 8.91. The molecule has 1 aromatic heterocycles. The normalized spacial score (nSPS) is 10.2. The van der Waals surface area contributed by atoms with E-state index >= 15 is 0 Å². The fourth-order valence-electron chi connectivity index (χ4n) is 1.38. The molecule has 1 heterocycles. The molecule has 0 aliphatic rings. The Labute approximate surface area is 101 Å². The van der Waals surface area contributed by atoms with Gasteiger partial charge in [0.1, 0.15) is 10.8 Å². The number of benzene rings is 1. The molecule has 2 rings (SSSR count). The van der Waals surface area contributed by atoms with E-state index < -0.39 is 4.92 Å². The van der Waals surface area contributed by atoms with Gasteiger partial charge in [-0.3, -0.25) is 10.1 Å². The molecule has 0 spiro atoms. The number of hydrogen-bond donors (Lipinski definition) is 1. The maximum atomic E-state index is 10.9. The first-order chi connectivity index (χ1) is 8.11. The van der Waals surface area contributed by atoms with E-state index in [1.54, 1.807) is 17.5 Å². The molecule has 0 saturated carbocycles. The van der Waals surface area contributed by atoms with Gasteiger partial charge >= 0.3 is 5.69 Å². The van der Waals surface area contributed by atoms with Crippen molar-refractivity contribution in [2.45, 2.75) is 0 Å². The fourth-order valence-corrected chi connectivity index (χ4v) is 2.09. The van der Waals surface area contributed by atoms with E-state index in [1.165, 1.54) is 24.5 Å². The molecule has 88 valence electrons. The van der Waals surface area contributed by atoms with E-state index in [1.807, 2.05) is 0 Å². The van der Waals surface area contributed by atoms with Gasteiger partial charge in [0.2, 0.25) is 0 Å². The minimum Gasteiger partial charge on any atom is -0.490 e. The summed E-state index contributed by atoms with van der Waals surface area (Å²) in [5.74, 6) is 0.631. The topological polar surface area (TPSA) is 91.3 Å². The molecular weight excluding hydrogens is 242 g/mol. The number of rotatable bonds is 3. The maximum Gasteiger partial charge on any atom is 0.311 e. The Bertz CT molecular complexity index is 568. The lowest BCUT2D eigenvalue weighted by Gasteiger charge is -2.02. The zero-order valence-corrected chi connectivity index (χ0v) is 9.73. The number of hydrogen-bond acceptors (Lipinski definition) is 6. The Morgan fingerprint density at radius 3 is 2.82 bits per heavy atom. The third-order valence-electron chi connectivity index (χ3n) is 2.14. The Morgan fingerprint density at radius 2 is 2.29 bits per heavy atom. The van der Waals surface area contributed by atoms with E-state index in [4.69, 9.17) is 10.5 Å². The quantitative estimate of drug-likeness (QED) is 0.667. The highest BCUT2D eigenvalue weighted by Gasteiger charge is 2.16. The summed E-state index contributed by atoms with van der Waals surface area (Å²) >= 11 is 1.34. The molecule has 0 radical (unpaired) electrons. The first-order valence-electron chi connectivity index (χ1n) is 4.65. The van der Waals surface area contributed by atoms with Gasteiger partial charge in [-0.25, -0.2) is 4.98 Å². The van der Waals surface area contributed by atoms with Crippen LogP contribution >= 0.6 is 11.3 Å². The predicted molar refractivity (Wildman–Crippen MR) is 65.2 cm³/mol. The zero-order chi connectivity index (χ0) is 12.4. The van der Waals surface area contributed by atoms with Gasteiger partial charge in [0.05, 0.1) is 12.0 Å². The van der Waals surface area contributed by atoms with Gasteiger partial charge in [-0.15, -0.1) is 11.3 Å². The number of nitrogen functional groups attached to an aromatic ring is 1. The monoisotopic (exact) mass is 251 g/mol. The predicted octanol–water partition coefficient (Wildman–Crippen LogP) is 2.31. The van der Waals surface area contributed by atoms with Crippen LogP contribution in [0.15, 0.2) is 23.6 Å². The first-order valence-corrected chi connectivity index (χ1v) is 5.53. The SMILES string of the molecule is COc1ccc(-c2nc(N)cs2)cc1[N+](=O)[O-]. The Kier molecular flexibility index (Phi) is 2.92. The van der Waals surface area contributed by atoms with Crippen LogP contribution in [0.4, 0.5) is 11.5 Å². The number of ether oxygens (including phenoxy) is 1. The van der Waals surface area contributed by atoms with Crippen LogP contribution in [0, 0.1) is 10.1 Å². The molecule has 0 fully saturated rings. The van der Waals surface area contributed by atoms with Crippen molar-refractivity contribution in [3.05, 3.63) is 33.7 Å². The number of nitro benzene ring substituents is 1. The average molecular weight is 251 g/mol. The van der Waals surface area contributed by atoms with E-state index in [0.29, 0.717) is 16.4 Å². The smallest absolute Gasteiger partial charge is 0.311 e. The number of aromatic nitrogens is 1. The highest BCUT2D eigenvalue weighted by molar-refractivity contribution is 7.13. The van der Waals surface area contributed by atoms with Gasteiger partial charge in [-0.1, -0.05) is 0 Å². The van der Waals surface area contributed by atoms with Gasteiger partial charge in [-0.05, 0) is 12.1 Å². The molecule has 0 unspecified atom stereocenters. The van der Waals surface area contributed by atoms with Crippen LogP contribution in [0.25, 0.3) is 10.6 Å². The van der Waals surface area contributed by atoms with Crippen LogP contribution in [-0.2, 0) is 0 Å². The van der Waals surface area contributed by atoms with Gasteiger partial charge in [0.15, 0.2) is 5.75 Å². The molecule has 6 nitrogen and oxygen atoms in total. The Balaban J connectivity index is 2.50. The largest absolute Gasteiger partial charge is 0.490 e. The van der Waals surface area contributed by atoms with Crippen molar-refractivity contribution in [3.8, 4) is 16.3 Å². The van der Waals surface area contributed by atoms with Crippen molar-refractivity contribution in [1.82, 2.24) is 4.98 Å². The van der Waals surface area contributed by atoms with E-state index in [2.05, 4.69) is 4.98 Å². The second-order valence-electron chi connectivity index (χ2n) is 3.22. The number of nitrogens with zero attached hydrogens (tertiary/aromatic N) is 2. The van der Waals surface area contributed by atoms with Crippen molar-refractivity contribution < 1.29 is 9.66 Å². The number of thiazole rings is 1. The summed E-state index contributed by atoms with van der Waals surface area (Å²) in [7, 11) is 1.39. The summed E-state index contributed by atoms with van der Waals surface area (Å²) < 4.78 is 4.92. The van der Waals surface area contributed by atoms with Crippen LogP contribution in [0.5, 0.6) is 5.75 Å². The standard InChI is InChI=1S/C10H9N3O3S/c1-16-8-3-2-6(4-7(8)13(14)15)10-12-9(11)5-17-10/h2-5H,11H2,1H3. The average Bonchev–Trinajstić information content (AvgIpc) is 2.75. The molecule has 2 N–H and O–H groups in total. The number of nitrogens with two attached hydrogens (primary N) is 1. The highest BCUT2D eigenvalue weighted by atomic mass is 32.1. The molecule has 7 heteroatoms. The molecule has 0 amide bonds. The Morgan fingerprint density at radius 1 is 1.53 bits per heavy atom. The lowest BCUT2D eigenvalue weighted by molar-refractivity contribution is -0.385. The molecule has 17 heavy (non-hydrogen) atoms. The minimum absolute atomic E-state index is 0.0845. The van der Waals surface area contributed by atoms with Crippen LogP contribution < -0.4 is 10.5 Å². The van der Waals surface area contributed by atoms with Crippen molar-refractivity contribution in [2.75, 3.05) is 12.8 Å². The summed E-state index contributed by atoms with van der Waals surface area (Å²) in [4.78, 5) is 14.4. The molecule has 0 atom stereocenters. The molecule has 0 bridgehead atoms. The number of anilines is 1. The van der Waals surface area contributed by atoms with Gasteiger partial charge < -0.3 is 10.5 Å². The Hall–Kier alpha value is -2.15. The van der Waals surface area contributed by atoms with E-state index in [-0.39, 0.29) is 11.4 Å². The molecule has 0 aliphatic carbocycles. The lowest BCUT2D eigenvalue weighted by atomic mass is 10.2. The third kappa shape index (κ3) is 2.18. The highest BCUT2D eigenvalue weighted by Crippen LogP contribution is 2.33. The molecule has 0 aliphatic heterocycles. The van der Waals surface area contributed by atoms with Crippen molar-refractivity contribution >= 4 is 22.8 Å².